The second-order valence-corrected chi connectivity index (χ2v) is 6.33. The van der Waals surface area contributed by atoms with Crippen LogP contribution in [0.15, 0.2) is 54.9 Å². The molecule has 8 heteroatoms. The molecule has 0 saturated carbocycles. The first-order valence-corrected chi connectivity index (χ1v) is 8.83. The number of allylic oxidation sites excluding steroid dienone is 1. The van der Waals surface area contributed by atoms with Crippen molar-refractivity contribution in [1.82, 2.24) is 30.4 Å². The summed E-state index contributed by atoms with van der Waals surface area (Å²) in [7, 11) is 0. The number of nitrogens with one attached hydrogen (secondary N) is 1. The maximum atomic E-state index is 4.46. The molecule has 0 aromatic carbocycles. The van der Waals surface area contributed by atoms with Gasteiger partial charge in [-0.1, -0.05) is 36.8 Å². The lowest BCUT2D eigenvalue weighted by Crippen LogP contribution is -2.31. The highest BCUT2D eigenvalue weighted by molar-refractivity contribution is 5.73. The maximum absolute atomic E-state index is 4.46. The molecule has 0 unspecified atom stereocenters. The van der Waals surface area contributed by atoms with Gasteiger partial charge in [0.05, 0.1) is 18.1 Å². The molecule has 2 aliphatic rings. The molecule has 0 spiro atoms. The van der Waals surface area contributed by atoms with Gasteiger partial charge < -0.3 is 4.90 Å². The molecule has 4 rings (SSSR count). The first-order valence-electron chi connectivity index (χ1n) is 8.83. The second-order valence-electron chi connectivity index (χ2n) is 6.33. The number of rotatable bonds is 5. The fourth-order valence-electron chi connectivity index (χ4n) is 3.24. The Bertz CT molecular complexity index is 852. The average Bonchev–Trinajstić information content (AvgIpc) is 3.32. The molecule has 2 aromatic rings. The van der Waals surface area contributed by atoms with E-state index in [4.69, 9.17) is 0 Å². The van der Waals surface area contributed by atoms with Crippen LogP contribution in [-0.4, -0.2) is 38.1 Å². The van der Waals surface area contributed by atoms with Gasteiger partial charge >= 0.3 is 0 Å². The Morgan fingerprint density at radius 2 is 2.15 bits per heavy atom. The molecule has 1 N–H and O–H groups in total. The number of hydrazine groups is 1. The molecule has 0 radical (unpaired) electrons. The summed E-state index contributed by atoms with van der Waals surface area (Å²) in [4.78, 5) is 11.1. The third kappa shape index (κ3) is 3.05. The van der Waals surface area contributed by atoms with E-state index in [1.54, 1.807) is 29.0 Å². The molecular formula is C18H22N8. The van der Waals surface area contributed by atoms with Crippen molar-refractivity contribution in [3.8, 4) is 0 Å². The van der Waals surface area contributed by atoms with Gasteiger partial charge in [-0.3, -0.25) is 5.43 Å². The summed E-state index contributed by atoms with van der Waals surface area (Å²) in [5, 5.41) is 9.68. The minimum absolute atomic E-state index is 0.745. The van der Waals surface area contributed by atoms with E-state index in [2.05, 4.69) is 50.2 Å². The van der Waals surface area contributed by atoms with Gasteiger partial charge in [0.15, 0.2) is 5.82 Å². The summed E-state index contributed by atoms with van der Waals surface area (Å²) < 4.78 is 1.67. The van der Waals surface area contributed by atoms with Gasteiger partial charge in [-0.15, -0.1) is 5.10 Å². The third-order valence-corrected chi connectivity index (χ3v) is 4.63. The van der Waals surface area contributed by atoms with Crippen LogP contribution in [0.5, 0.6) is 0 Å². The van der Waals surface area contributed by atoms with Gasteiger partial charge in [-0.2, -0.15) is 0 Å². The summed E-state index contributed by atoms with van der Waals surface area (Å²) in [6.45, 7) is 8.25. The van der Waals surface area contributed by atoms with E-state index in [0.717, 1.165) is 42.5 Å². The normalized spacial score (nSPS) is 17.2. The zero-order valence-electron chi connectivity index (χ0n) is 14.8. The van der Waals surface area contributed by atoms with Gasteiger partial charge in [0, 0.05) is 25.4 Å². The fraction of sp³-hybridized carbons (Fsp3) is 0.333. The quantitative estimate of drug-likeness (QED) is 0.830. The topological polar surface area (TPSA) is 75.0 Å². The zero-order valence-corrected chi connectivity index (χ0v) is 14.8. The van der Waals surface area contributed by atoms with Gasteiger partial charge in [0.2, 0.25) is 0 Å². The lowest BCUT2D eigenvalue weighted by atomic mass is 10.0. The lowest BCUT2D eigenvalue weighted by Gasteiger charge is -2.28. The summed E-state index contributed by atoms with van der Waals surface area (Å²) in [5.41, 5.74) is 6.31. The predicted octanol–water partition coefficient (Wildman–Crippen LogP) is 2.34. The van der Waals surface area contributed by atoms with Crippen molar-refractivity contribution in [2.75, 3.05) is 23.0 Å². The Hall–Kier alpha value is -3.16. The van der Waals surface area contributed by atoms with E-state index in [9.17, 15) is 0 Å². The van der Waals surface area contributed by atoms with Crippen LogP contribution in [0.2, 0.25) is 0 Å². The minimum Gasteiger partial charge on any atom is -0.352 e. The van der Waals surface area contributed by atoms with Crippen LogP contribution in [0.25, 0.3) is 5.70 Å². The summed E-state index contributed by atoms with van der Waals surface area (Å²) in [6.07, 6.45) is 12.7. The first-order chi connectivity index (χ1) is 12.8. The molecule has 0 atom stereocenters. The Morgan fingerprint density at radius 3 is 2.88 bits per heavy atom. The van der Waals surface area contributed by atoms with Crippen molar-refractivity contribution in [3.05, 3.63) is 54.9 Å². The largest absolute Gasteiger partial charge is 0.352 e. The van der Waals surface area contributed by atoms with E-state index >= 15 is 0 Å². The van der Waals surface area contributed by atoms with Crippen molar-refractivity contribution in [2.45, 2.75) is 26.2 Å². The highest BCUT2D eigenvalue weighted by Gasteiger charge is 2.23. The van der Waals surface area contributed by atoms with E-state index in [0.29, 0.717) is 0 Å². The molecule has 0 saturated heterocycles. The van der Waals surface area contributed by atoms with Crippen molar-refractivity contribution in [3.63, 3.8) is 0 Å². The molecule has 2 aliphatic heterocycles. The van der Waals surface area contributed by atoms with E-state index < -0.39 is 0 Å². The zero-order chi connectivity index (χ0) is 17.9. The van der Waals surface area contributed by atoms with Gasteiger partial charge in [-0.25, -0.2) is 19.7 Å². The fourth-order valence-corrected chi connectivity index (χ4v) is 3.24. The molecule has 0 amide bonds. The summed E-state index contributed by atoms with van der Waals surface area (Å²) in [6, 6.07) is 1.98. The Morgan fingerprint density at radius 1 is 1.27 bits per heavy atom. The van der Waals surface area contributed by atoms with Crippen LogP contribution >= 0.6 is 0 Å². The Kier molecular flexibility index (Phi) is 4.39. The Balaban J connectivity index is 1.50. The van der Waals surface area contributed by atoms with Gasteiger partial charge in [-0.05, 0) is 12.8 Å². The SMILES string of the molecule is C=C1C(n2ccnn2)=CNN1c1cc(N2CC=C(CCC)CC2)ncn1. The third-order valence-electron chi connectivity index (χ3n) is 4.63. The maximum Gasteiger partial charge on any atom is 0.157 e. The second kappa shape index (κ2) is 6.99. The number of hydrogen-bond donors (Lipinski definition) is 1. The van der Waals surface area contributed by atoms with Crippen molar-refractivity contribution in [1.29, 1.82) is 0 Å². The highest BCUT2D eigenvalue weighted by atomic mass is 15.6. The molecule has 0 bridgehead atoms. The molecule has 0 fully saturated rings. The van der Waals surface area contributed by atoms with Crippen LogP contribution in [0.1, 0.15) is 26.2 Å². The van der Waals surface area contributed by atoms with Crippen molar-refractivity contribution >= 4 is 17.3 Å². The minimum atomic E-state index is 0.745. The number of aromatic nitrogens is 5. The van der Waals surface area contributed by atoms with Crippen LogP contribution in [0.3, 0.4) is 0 Å². The van der Waals surface area contributed by atoms with Crippen LogP contribution in [-0.2, 0) is 0 Å². The molecule has 2 aromatic heterocycles. The summed E-state index contributed by atoms with van der Waals surface area (Å²) >= 11 is 0. The number of anilines is 2. The van der Waals surface area contributed by atoms with Crippen molar-refractivity contribution in [2.24, 2.45) is 0 Å². The lowest BCUT2D eigenvalue weighted by molar-refractivity contribution is 0.728. The molecule has 134 valence electrons. The van der Waals surface area contributed by atoms with Crippen LogP contribution in [0, 0.1) is 0 Å². The molecular weight excluding hydrogens is 328 g/mol. The van der Waals surface area contributed by atoms with Crippen LogP contribution < -0.4 is 15.3 Å². The molecule has 8 nitrogen and oxygen atoms in total. The predicted molar refractivity (Wildman–Crippen MR) is 101 cm³/mol. The molecule has 26 heavy (non-hydrogen) atoms. The van der Waals surface area contributed by atoms with Gasteiger partial charge in [0.1, 0.15) is 17.8 Å². The summed E-state index contributed by atoms with van der Waals surface area (Å²) in [5.74, 6) is 1.67. The average molecular weight is 350 g/mol. The number of nitrogens with zero attached hydrogens (tertiary/aromatic N) is 7. The Labute approximate surface area is 152 Å². The highest BCUT2D eigenvalue weighted by Crippen LogP contribution is 2.28. The van der Waals surface area contributed by atoms with E-state index in [1.165, 1.54) is 12.8 Å². The van der Waals surface area contributed by atoms with Crippen molar-refractivity contribution < 1.29 is 0 Å². The molecule has 0 aliphatic carbocycles. The monoisotopic (exact) mass is 350 g/mol. The molecule has 4 heterocycles. The smallest absolute Gasteiger partial charge is 0.157 e. The number of hydrogen-bond acceptors (Lipinski definition) is 7. The van der Waals surface area contributed by atoms with Crippen LogP contribution in [0.4, 0.5) is 11.6 Å². The van der Waals surface area contributed by atoms with E-state index in [1.807, 2.05) is 17.3 Å². The van der Waals surface area contributed by atoms with Gasteiger partial charge in [0.25, 0.3) is 0 Å². The standard InChI is InChI=1S/C18H22N8/c1-3-4-15-5-8-24(9-6-15)17-11-18(20-13-19-17)26-14(2)16(12-22-26)25-10-7-21-23-25/h5,7,10-13,22H,2-4,6,8-9H2,1H3. The first kappa shape index (κ1) is 16.3. The van der Waals surface area contributed by atoms with E-state index in [-0.39, 0.29) is 0 Å².